The molecule has 0 heterocycles. The Hall–Kier alpha value is -1.10. The minimum atomic E-state index is -0.612. The molecule has 0 aromatic heterocycles. The van der Waals surface area contributed by atoms with Crippen LogP contribution in [0.2, 0.25) is 0 Å². The van der Waals surface area contributed by atoms with Gasteiger partial charge >= 0.3 is 11.9 Å². The Morgan fingerprint density at radius 2 is 1.80 bits per heavy atom. The zero-order valence-corrected chi connectivity index (χ0v) is 9.49. The van der Waals surface area contributed by atoms with Crippen LogP contribution in [-0.4, -0.2) is 31.2 Å². The summed E-state index contributed by atoms with van der Waals surface area (Å²) in [5.74, 6) is -1.29. The fourth-order valence-electron chi connectivity index (χ4n) is 0.833. The van der Waals surface area contributed by atoms with Gasteiger partial charge < -0.3 is 15.2 Å². The summed E-state index contributed by atoms with van der Waals surface area (Å²) >= 11 is 0. The maximum atomic E-state index is 11.2. The molecule has 2 atom stereocenters. The molecule has 15 heavy (non-hydrogen) atoms. The van der Waals surface area contributed by atoms with Crippen LogP contribution in [-0.2, 0) is 19.1 Å². The van der Waals surface area contributed by atoms with E-state index in [1.165, 1.54) is 0 Å². The summed E-state index contributed by atoms with van der Waals surface area (Å²) in [7, 11) is 0. The van der Waals surface area contributed by atoms with E-state index in [4.69, 9.17) is 15.2 Å². The fraction of sp³-hybridized carbons (Fsp3) is 0.800. The smallest absolute Gasteiger partial charge is 0.322 e. The van der Waals surface area contributed by atoms with Crippen molar-refractivity contribution in [2.45, 2.75) is 33.2 Å². The predicted octanol–water partition coefficient (Wildman–Crippen LogP) is 0.466. The molecule has 0 aliphatic carbocycles. The average Bonchev–Trinajstić information content (AvgIpc) is 2.24. The number of rotatable bonds is 6. The van der Waals surface area contributed by atoms with Gasteiger partial charge in [-0.1, -0.05) is 6.92 Å². The molecule has 0 amide bonds. The third kappa shape index (κ3) is 5.37. The first-order chi connectivity index (χ1) is 7.02. The minimum absolute atomic E-state index is 0.0192. The molecule has 2 N–H and O–H groups in total. The van der Waals surface area contributed by atoms with E-state index in [1.54, 1.807) is 20.8 Å². The van der Waals surface area contributed by atoms with E-state index in [0.29, 0.717) is 13.0 Å². The summed E-state index contributed by atoms with van der Waals surface area (Å²) in [4.78, 5) is 22.3. The molecule has 0 fully saturated rings. The number of carbonyl (C=O) groups excluding carboxylic acids is 2. The molecule has 0 saturated carbocycles. The van der Waals surface area contributed by atoms with Crippen molar-refractivity contribution in [2.75, 3.05) is 13.2 Å². The normalized spacial score (nSPS) is 14.1. The van der Waals surface area contributed by atoms with Crippen molar-refractivity contribution >= 4 is 11.9 Å². The number of carbonyl (C=O) groups is 2. The van der Waals surface area contributed by atoms with E-state index in [0.717, 1.165) is 0 Å². The zero-order valence-electron chi connectivity index (χ0n) is 9.49. The number of hydrogen-bond acceptors (Lipinski definition) is 5. The molecule has 0 bridgehead atoms. The van der Waals surface area contributed by atoms with Gasteiger partial charge in [0.15, 0.2) is 0 Å². The Bertz CT molecular complexity index is 217. The van der Waals surface area contributed by atoms with Crippen molar-refractivity contribution in [2.24, 2.45) is 11.7 Å². The van der Waals surface area contributed by atoms with Crippen molar-refractivity contribution in [1.82, 2.24) is 0 Å². The van der Waals surface area contributed by atoms with Gasteiger partial charge in [0.25, 0.3) is 0 Å². The number of nitrogens with two attached hydrogens (primary N) is 1. The fourth-order valence-corrected chi connectivity index (χ4v) is 0.833. The molecule has 0 aromatic carbocycles. The first-order valence-electron chi connectivity index (χ1n) is 5.11. The van der Waals surface area contributed by atoms with Crippen molar-refractivity contribution < 1.29 is 19.1 Å². The van der Waals surface area contributed by atoms with Crippen LogP contribution in [0.5, 0.6) is 0 Å². The highest BCUT2D eigenvalue weighted by Crippen LogP contribution is 2.01. The van der Waals surface area contributed by atoms with E-state index in [9.17, 15) is 9.59 Å². The molecular weight excluding hydrogens is 198 g/mol. The quantitative estimate of drug-likeness (QED) is 0.654. The summed E-state index contributed by atoms with van der Waals surface area (Å²) in [5.41, 5.74) is 5.45. The molecule has 0 radical (unpaired) electrons. The van der Waals surface area contributed by atoms with Crippen LogP contribution < -0.4 is 5.73 Å². The molecule has 5 heteroatoms. The van der Waals surface area contributed by atoms with E-state index in [1.807, 2.05) is 0 Å². The number of esters is 2. The zero-order chi connectivity index (χ0) is 11.8. The Balaban J connectivity index is 3.84. The van der Waals surface area contributed by atoms with Crippen LogP contribution >= 0.6 is 0 Å². The van der Waals surface area contributed by atoms with Crippen LogP contribution in [0.15, 0.2) is 0 Å². The van der Waals surface area contributed by atoms with Crippen molar-refractivity contribution in [3.05, 3.63) is 0 Å². The SMILES string of the molecule is CCOC(=O)C(C)COC(=O)C(N)CC. The molecule has 2 unspecified atom stereocenters. The van der Waals surface area contributed by atoms with Crippen molar-refractivity contribution in [3.8, 4) is 0 Å². The number of ether oxygens (including phenoxy) is 2. The number of hydrogen-bond donors (Lipinski definition) is 1. The second-order valence-corrected chi connectivity index (χ2v) is 3.30. The van der Waals surface area contributed by atoms with Gasteiger partial charge in [0.2, 0.25) is 0 Å². The summed E-state index contributed by atoms with van der Waals surface area (Å²) < 4.78 is 9.62. The van der Waals surface area contributed by atoms with Gasteiger partial charge in [0.1, 0.15) is 12.6 Å². The van der Waals surface area contributed by atoms with Gasteiger partial charge in [0.05, 0.1) is 12.5 Å². The third-order valence-electron chi connectivity index (χ3n) is 1.91. The molecule has 0 aliphatic rings. The maximum absolute atomic E-state index is 11.2. The minimum Gasteiger partial charge on any atom is -0.466 e. The average molecular weight is 217 g/mol. The van der Waals surface area contributed by atoms with Gasteiger partial charge in [-0.2, -0.15) is 0 Å². The lowest BCUT2D eigenvalue weighted by Crippen LogP contribution is -2.33. The molecular formula is C10H19NO4. The second kappa shape index (κ2) is 7.23. The molecule has 0 saturated heterocycles. The Morgan fingerprint density at radius 3 is 2.27 bits per heavy atom. The highest BCUT2D eigenvalue weighted by molar-refractivity contribution is 5.76. The lowest BCUT2D eigenvalue weighted by Gasteiger charge is -2.13. The third-order valence-corrected chi connectivity index (χ3v) is 1.91. The highest BCUT2D eigenvalue weighted by Gasteiger charge is 2.18. The monoisotopic (exact) mass is 217 g/mol. The van der Waals surface area contributed by atoms with E-state index < -0.39 is 17.9 Å². The van der Waals surface area contributed by atoms with Gasteiger partial charge in [-0.15, -0.1) is 0 Å². The molecule has 88 valence electrons. The van der Waals surface area contributed by atoms with Crippen molar-refractivity contribution in [1.29, 1.82) is 0 Å². The van der Waals surface area contributed by atoms with Crippen LogP contribution in [0, 0.1) is 5.92 Å². The second-order valence-electron chi connectivity index (χ2n) is 3.30. The van der Waals surface area contributed by atoms with Crippen molar-refractivity contribution in [3.63, 3.8) is 0 Å². The largest absolute Gasteiger partial charge is 0.466 e. The lowest BCUT2D eigenvalue weighted by atomic mass is 10.2. The topological polar surface area (TPSA) is 78.6 Å². The first kappa shape index (κ1) is 13.9. The maximum Gasteiger partial charge on any atom is 0.322 e. The van der Waals surface area contributed by atoms with E-state index in [-0.39, 0.29) is 12.6 Å². The van der Waals surface area contributed by atoms with Crippen LogP contribution in [0.25, 0.3) is 0 Å². The summed E-state index contributed by atoms with van der Waals surface area (Å²) in [5, 5.41) is 0. The van der Waals surface area contributed by atoms with Gasteiger partial charge in [0, 0.05) is 0 Å². The molecule has 5 nitrogen and oxygen atoms in total. The Morgan fingerprint density at radius 1 is 1.20 bits per heavy atom. The molecule has 0 aliphatic heterocycles. The van der Waals surface area contributed by atoms with Gasteiger partial charge in [-0.05, 0) is 20.3 Å². The van der Waals surface area contributed by atoms with E-state index >= 15 is 0 Å². The predicted molar refractivity (Wildman–Crippen MR) is 55.0 cm³/mol. The summed E-state index contributed by atoms with van der Waals surface area (Å²) in [6, 6.07) is -0.612. The Labute approximate surface area is 89.9 Å². The first-order valence-corrected chi connectivity index (χ1v) is 5.11. The van der Waals surface area contributed by atoms with Crippen LogP contribution in [0.1, 0.15) is 27.2 Å². The van der Waals surface area contributed by atoms with Crippen LogP contribution in [0.4, 0.5) is 0 Å². The molecule has 0 rings (SSSR count). The molecule has 0 aromatic rings. The summed E-state index contributed by atoms with van der Waals surface area (Å²) in [6.45, 7) is 5.50. The summed E-state index contributed by atoms with van der Waals surface area (Å²) in [6.07, 6.45) is 0.520. The van der Waals surface area contributed by atoms with Gasteiger partial charge in [-0.3, -0.25) is 9.59 Å². The van der Waals surface area contributed by atoms with Crippen LogP contribution in [0.3, 0.4) is 0 Å². The highest BCUT2D eigenvalue weighted by atomic mass is 16.5. The van der Waals surface area contributed by atoms with Gasteiger partial charge in [-0.25, -0.2) is 0 Å². The Kier molecular flexibility index (Phi) is 6.70. The standard InChI is InChI=1S/C10H19NO4/c1-4-8(11)10(13)15-6-7(3)9(12)14-5-2/h7-8H,4-6,11H2,1-3H3. The lowest BCUT2D eigenvalue weighted by molar-refractivity contribution is -0.154. The van der Waals surface area contributed by atoms with E-state index in [2.05, 4.69) is 0 Å². The molecule has 0 spiro atoms.